The molecule has 0 aromatic rings. The maximum Gasteiger partial charge on any atom is 0.312 e. The van der Waals surface area contributed by atoms with Crippen LogP contribution in [0.15, 0.2) is 24.8 Å². The van der Waals surface area contributed by atoms with Crippen molar-refractivity contribution in [1.82, 2.24) is 0 Å². The highest BCUT2D eigenvalue weighted by molar-refractivity contribution is 6.05. The van der Waals surface area contributed by atoms with Crippen molar-refractivity contribution in [2.45, 2.75) is 84.7 Å². The summed E-state index contributed by atoms with van der Waals surface area (Å²) in [5.41, 5.74) is -1.57. The molecular formula is C27H38O5. The van der Waals surface area contributed by atoms with E-state index in [4.69, 9.17) is 9.47 Å². The molecule has 4 aliphatic carbocycles. The zero-order valence-corrected chi connectivity index (χ0v) is 20.1. The lowest BCUT2D eigenvalue weighted by Gasteiger charge is -2.63. The molecule has 32 heavy (non-hydrogen) atoms. The van der Waals surface area contributed by atoms with Crippen molar-refractivity contribution in [2.24, 2.45) is 34.0 Å². The van der Waals surface area contributed by atoms with Gasteiger partial charge in [0.1, 0.15) is 12.2 Å². The minimum atomic E-state index is -0.848. The second-order valence-electron chi connectivity index (χ2n) is 11.6. The van der Waals surface area contributed by atoms with Crippen LogP contribution in [0.2, 0.25) is 0 Å². The van der Waals surface area contributed by atoms with E-state index in [1.807, 2.05) is 13.8 Å². The Kier molecular flexibility index (Phi) is 5.50. The number of Topliss-reactive ketones (excluding diaryl/α,β-unsaturated/α-hetero) is 1. The average molecular weight is 443 g/mol. The predicted molar refractivity (Wildman–Crippen MR) is 122 cm³/mol. The molecular weight excluding hydrogens is 404 g/mol. The topological polar surface area (TPSA) is 69.7 Å². The molecule has 176 valence electrons. The van der Waals surface area contributed by atoms with Gasteiger partial charge in [-0.15, -0.1) is 0 Å². The number of ether oxygens (including phenoxy) is 2. The van der Waals surface area contributed by atoms with Crippen LogP contribution in [-0.4, -0.2) is 29.9 Å². The zero-order chi connectivity index (χ0) is 23.5. The van der Waals surface area contributed by atoms with E-state index < -0.39 is 16.4 Å². The lowest BCUT2D eigenvalue weighted by atomic mass is 9.40. The SMILES string of the molecule is C=CCOC(=O)[C@]1(C)CCC[C@@]2(C)[C@@H]3CC[C@]4(OC(=O)C(C)C)C[C@@]3(CC[C@@H]21)C(=O)C4=C. The molecule has 2 bridgehead atoms. The highest BCUT2D eigenvalue weighted by Gasteiger charge is 2.72. The Morgan fingerprint density at radius 3 is 2.47 bits per heavy atom. The number of ketones is 1. The van der Waals surface area contributed by atoms with Crippen molar-refractivity contribution in [1.29, 1.82) is 0 Å². The normalized spacial score (nSPS) is 42.8. The highest BCUT2D eigenvalue weighted by atomic mass is 16.6. The summed E-state index contributed by atoms with van der Waals surface area (Å²) in [6.45, 7) is 16.0. The molecule has 4 rings (SSSR count). The number of carbonyl (C=O) groups is 3. The molecule has 4 aliphatic rings. The number of fused-ring (bicyclic) bond motifs is 3. The average Bonchev–Trinajstić information content (AvgIpc) is 2.89. The number of rotatable bonds is 5. The Labute approximate surface area is 192 Å². The van der Waals surface area contributed by atoms with Gasteiger partial charge in [0.2, 0.25) is 0 Å². The molecule has 4 saturated carbocycles. The first-order valence-electron chi connectivity index (χ1n) is 12.2. The molecule has 0 N–H and O–H groups in total. The van der Waals surface area contributed by atoms with Crippen molar-refractivity contribution < 1.29 is 23.9 Å². The van der Waals surface area contributed by atoms with Crippen molar-refractivity contribution in [3.05, 3.63) is 24.8 Å². The van der Waals surface area contributed by atoms with Gasteiger partial charge in [0.25, 0.3) is 0 Å². The minimum absolute atomic E-state index is 0.0951. The maximum absolute atomic E-state index is 13.8. The van der Waals surface area contributed by atoms with Gasteiger partial charge >= 0.3 is 11.9 Å². The summed E-state index contributed by atoms with van der Waals surface area (Å²) < 4.78 is 11.6. The fraction of sp³-hybridized carbons (Fsp3) is 0.741. The Balaban J connectivity index is 1.68. The monoisotopic (exact) mass is 442 g/mol. The number of carbonyl (C=O) groups excluding carboxylic acids is 3. The van der Waals surface area contributed by atoms with E-state index in [2.05, 4.69) is 27.0 Å². The van der Waals surface area contributed by atoms with Crippen LogP contribution in [0.1, 0.15) is 79.1 Å². The van der Waals surface area contributed by atoms with Crippen molar-refractivity contribution in [3.8, 4) is 0 Å². The molecule has 5 heteroatoms. The van der Waals surface area contributed by atoms with Gasteiger partial charge in [-0.25, -0.2) is 0 Å². The molecule has 5 nitrogen and oxygen atoms in total. The molecule has 0 aliphatic heterocycles. The maximum atomic E-state index is 13.8. The van der Waals surface area contributed by atoms with Gasteiger partial charge in [-0.3, -0.25) is 14.4 Å². The van der Waals surface area contributed by atoms with Crippen molar-refractivity contribution >= 4 is 17.7 Å². The fourth-order valence-electron chi connectivity index (χ4n) is 8.10. The van der Waals surface area contributed by atoms with E-state index in [1.54, 1.807) is 6.08 Å². The van der Waals surface area contributed by atoms with Crippen molar-refractivity contribution in [3.63, 3.8) is 0 Å². The van der Waals surface area contributed by atoms with Gasteiger partial charge in [-0.2, -0.15) is 0 Å². The minimum Gasteiger partial charge on any atom is -0.461 e. The Morgan fingerprint density at radius 1 is 1.12 bits per heavy atom. The largest absolute Gasteiger partial charge is 0.461 e. The van der Waals surface area contributed by atoms with Crippen LogP contribution in [0.5, 0.6) is 0 Å². The van der Waals surface area contributed by atoms with Crippen LogP contribution in [0.4, 0.5) is 0 Å². The number of esters is 2. The Hall–Kier alpha value is -1.91. The molecule has 1 spiro atoms. The van der Waals surface area contributed by atoms with Gasteiger partial charge in [0, 0.05) is 17.4 Å². The van der Waals surface area contributed by atoms with E-state index >= 15 is 0 Å². The van der Waals surface area contributed by atoms with Gasteiger partial charge in [0.05, 0.1) is 11.3 Å². The molecule has 0 aromatic carbocycles. The third kappa shape index (κ3) is 2.99. The van der Waals surface area contributed by atoms with Crippen LogP contribution in [0, 0.1) is 34.0 Å². The van der Waals surface area contributed by atoms with E-state index in [0.29, 0.717) is 18.4 Å². The summed E-state index contributed by atoms with van der Waals surface area (Å²) in [4.78, 5) is 39.4. The van der Waals surface area contributed by atoms with Gasteiger partial charge in [-0.05, 0) is 62.7 Å². The van der Waals surface area contributed by atoms with E-state index in [9.17, 15) is 14.4 Å². The summed E-state index contributed by atoms with van der Waals surface area (Å²) in [6, 6.07) is 0. The Bertz CT molecular complexity index is 873. The van der Waals surface area contributed by atoms with Crippen LogP contribution in [-0.2, 0) is 23.9 Å². The van der Waals surface area contributed by atoms with E-state index in [1.165, 1.54) is 0 Å². The summed E-state index contributed by atoms with van der Waals surface area (Å²) >= 11 is 0. The second-order valence-corrected chi connectivity index (χ2v) is 11.6. The molecule has 0 unspecified atom stereocenters. The second kappa shape index (κ2) is 7.56. The molecule has 0 radical (unpaired) electrons. The molecule has 6 atom stereocenters. The molecule has 4 fully saturated rings. The number of hydrogen-bond acceptors (Lipinski definition) is 5. The molecule has 0 saturated heterocycles. The van der Waals surface area contributed by atoms with Gasteiger partial charge in [-0.1, -0.05) is 46.4 Å². The molecule has 0 aromatic heterocycles. The van der Waals surface area contributed by atoms with Crippen LogP contribution in [0.25, 0.3) is 0 Å². The summed E-state index contributed by atoms with van der Waals surface area (Å²) in [5.74, 6) is -0.206. The predicted octanol–water partition coefficient (Wildman–Crippen LogP) is 5.19. The lowest BCUT2D eigenvalue weighted by molar-refractivity contribution is -0.195. The third-order valence-electron chi connectivity index (χ3n) is 9.60. The van der Waals surface area contributed by atoms with Crippen molar-refractivity contribution in [2.75, 3.05) is 6.61 Å². The van der Waals surface area contributed by atoms with E-state index in [0.717, 1.165) is 38.5 Å². The first-order chi connectivity index (χ1) is 15.0. The van der Waals surface area contributed by atoms with Gasteiger partial charge < -0.3 is 9.47 Å². The van der Waals surface area contributed by atoms with Crippen LogP contribution >= 0.6 is 0 Å². The van der Waals surface area contributed by atoms with Gasteiger partial charge in [0.15, 0.2) is 5.78 Å². The van der Waals surface area contributed by atoms with E-state index in [-0.39, 0.29) is 47.5 Å². The Morgan fingerprint density at radius 2 is 1.81 bits per heavy atom. The summed E-state index contributed by atoms with van der Waals surface area (Å²) in [7, 11) is 0. The molecule has 0 heterocycles. The van der Waals surface area contributed by atoms with Crippen LogP contribution in [0.3, 0.4) is 0 Å². The summed E-state index contributed by atoms with van der Waals surface area (Å²) in [5, 5.41) is 0. The zero-order valence-electron chi connectivity index (χ0n) is 20.1. The molecule has 0 amide bonds. The standard InChI is InChI=1S/C27H38O5/c1-7-15-31-23(30)25(6)12-8-11-24(5)19(25)9-13-26-16-27(14-10-20(24)26,18(4)21(26)28)32-22(29)17(2)3/h7,17,19-20H,1,4,8-16H2,2-3,5-6H3/t19-,20-,24+,25+,26+,27-/m0/s1. The third-order valence-corrected chi connectivity index (χ3v) is 9.60. The smallest absolute Gasteiger partial charge is 0.312 e. The van der Waals surface area contributed by atoms with Crippen LogP contribution < -0.4 is 0 Å². The number of hydrogen-bond donors (Lipinski definition) is 0. The fourth-order valence-corrected chi connectivity index (χ4v) is 8.10. The first kappa shape index (κ1) is 23.3. The summed E-state index contributed by atoms with van der Waals surface area (Å²) in [6.07, 6.45) is 7.93. The first-order valence-corrected chi connectivity index (χ1v) is 12.2. The highest BCUT2D eigenvalue weighted by Crippen LogP contribution is 2.72. The quantitative estimate of drug-likeness (QED) is 0.333. The lowest BCUT2D eigenvalue weighted by Crippen LogP contribution is -2.60.